The molecule has 1 aromatic heterocycles. The van der Waals surface area contributed by atoms with Crippen LogP contribution in [0.3, 0.4) is 0 Å². The van der Waals surface area contributed by atoms with Gasteiger partial charge in [-0.1, -0.05) is 0 Å². The van der Waals surface area contributed by atoms with Gasteiger partial charge in [-0.25, -0.2) is 18.7 Å². The number of benzene rings is 1. The van der Waals surface area contributed by atoms with Crippen LogP contribution in [0, 0.1) is 11.6 Å². The standard InChI is InChI=1S/C11H5F5N2/c12-7-2-1-6(3-8(7)13)9-4-10(11(14,15)16)18-5-17-9/h1-5H. The van der Waals surface area contributed by atoms with E-state index in [9.17, 15) is 22.0 Å². The molecule has 0 radical (unpaired) electrons. The summed E-state index contributed by atoms with van der Waals surface area (Å²) in [6, 6.07) is 3.41. The van der Waals surface area contributed by atoms with Crippen LogP contribution in [0.15, 0.2) is 30.6 Å². The van der Waals surface area contributed by atoms with Crippen molar-refractivity contribution in [1.82, 2.24) is 9.97 Å². The van der Waals surface area contributed by atoms with Gasteiger partial charge in [-0.15, -0.1) is 0 Å². The largest absolute Gasteiger partial charge is 0.433 e. The summed E-state index contributed by atoms with van der Waals surface area (Å²) in [7, 11) is 0. The zero-order chi connectivity index (χ0) is 13.3. The van der Waals surface area contributed by atoms with Crippen LogP contribution in [0.1, 0.15) is 5.69 Å². The fourth-order valence-electron chi connectivity index (χ4n) is 1.33. The lowest BCUT2D eigenvalue weighted by Crippen LogP contribution is -2.08. The molecule has 1 heterocycles. The Labute approximate surface area is 98.1 Å². The molecule has 0 amide bonds. The molecular formula is C11H5F5N2. The van der Waals surface area contributed by atoms with Crippen LogP contribution in [0.4, 0.5) is 22.0 Å². The normalized spacial score (nSPS) is 11.6. The fourth-order valence-corrected chi connectivity index (χ4v) is 1.33. The van der Waals surface area contributed by atoms with Gasteiger partial charge in [0.1, 0.15) is 12.0 Å². The molecule has 7 heteroatoms. The van der Waals surface area contributed by atoms with Crippen molar-refractivity contribution >= 4 is 0 Å². The molecule has 1 aromatic carbocycles. The van der Waals surface area contributed by atoms with Crippen molar-refractivity contribution in [3.05, 3.63) is 47.9 Å². The van der Waals surface area contributed by atoms with Crippen LogP contribution < -0.4 is 0 Å². The summed E-state index contributed by atoms with van der Waals surface area (Å²) in [5.41, 5.74) is -1.23. The third kappa shape index (κ3) is 2.44. The fraction of sp³-hybridized carbons (Fsp3) is 0.0909. The maximum Gasteiger partial charge on any atom is 0.433 e. The Morgan fingerprint density at radius 3 is 2.22 bits per heavy atom. The first-order valence-corrected chi connectivity index (χ1v) is 4.72. The lowest BCUT2D eigenvalue weighted by Gasteiger charge is -2.07. The van der Waals surface area contributed by atoms with Crippen molar-refractivity contribution < 1.29 is 22.0 Å². The summed E-state index contributed by atoms with van der Waals surface area (Å²) in [6.45, 7) is 0. The maximum atomic E-state index is 13.0. The number of hydrogen-bond donors (Lipinski definition) is 0. The van der Waals surface area contributed by atoms with Crippen molar-refractivity contribution in [2.24, 2.45) is 0 Å². The van der Waals surface area contributed by atoms with E-state index in [1.165, 1.54) is 0 Å². The van der Waals surface area contributed by atoms with Gasteiger partial charge in [0, 0.05) is 5.56 Å². The average Bonchev–Trinajstić information content (AvgIpc) is 2.32. The molecule has 0 unspecified atom stereocenters. The third-order valence-electron chi connectivity index (χ3n) is 2.17. The number of nitrogens with zero attached hydrogens (tertiary/aromatic N) is 2. The van der Waals surface area contributed by atoms with E-state index in [2.05, 4.69) is 9.97 Å². The number of halogens is 5. The van der Waals surface area contributed by atoms with E-state index in [0.717, 1.165) is 24.5 Å². The second-order valence-electron chi connectivity index (χ2n) is 3.42. The van der Waals surface area contributed by atoms with E-state index in [1.54, 1.807) is 0 Å². The lowest BCUT2D eigenvalue weighted by molar-refractivity contribution is -0.141. The van der Waals surface area contributed by atoms with Gasteiger partial charge in [-0.05, 0) is 24.3 Å². The van der Waals surface area contributed by atoms with Crippen molar-refractivity contribution in [2.75, 3.05) is 0 Å². The van der Waals surface area contributed by atoms with E-state index >= 15 is 0 Å². The first kappa shape index (κ1) is 12.4. The van der Waals surface area contributed by atoms with Crippen LogP contribution in [0.5, 0.6) is 0 Å². The highest BCUT2D eigenvalue weighted by Gasteiger charge is 2.32. The molecule has 0 aliphatic rings. The molecule has 2 aromatic rings. The van der Waals surface area contributed by atoms with Gasteiger partial charge >= 0.3 is 6.18 Å². The summed E-state index contributed by atoms with van der Waals surface area (Å²) in [6.07, 6.45) is -3.89. The van der Waals surface area contributed by atoms with E-state index < -0.39 is 23.5 Å². The molecule has 2 rings (SSSR count). The molecule has 0 aliphatic heterocycles. The van der Waals surface area contributed by atoms with E-state index in [-0.39, 0.29) is 11.3 Å². The van der Waals surface area contributed by atoms with Crippen molar-refractivity contribution in [1.29, 1.82) is 0 Å². The third-order valence-corrected chi connectivity index (χ3v) is 2.17. The van der Waals surface area contributed by atoms with Crippen LogP contribution >= 0.6 is 0 Å². The second kappa shape index (κ2) is 4.32. The predicted octanol–water partition coefficient (Wildman–Crippen LogP) is 3.44. The SMILES string of the molecule is Fc1ccc(-c2cc(C(F)(F)F)ncn2)cc1F. The highest BCUT2D eigenvalue weighted by atomic mass is 19.4. The number of hydrogen-bond acceptors (Lipinski definition) is 2. The number of rotatable bonds is 1. The predicted molar refractivity (Wildman–Crippen MR) is 52.4 cm³/mol. The van der Waals surface area contributed by atoms with Crippen LogP contribution in [-0.4, -0.2) is 9.97 Å². The molecule has 18 heavy (non-hydrogen) atoms. The summed E-state index contributed by atoms with van der Waals surface area (Å²) >= 11 is 0. The van der Waals surface area contributed by atoms with Gasteiger partial charge < -0.3 is 0 Å². The second-order valence-corrected chi connectivity index (χ2v) is 3.42. The minimum absolute atomic E-state index is 0.0433. The molecule has 0 aliphatic carbocycles. The first-order chi connectivity index (χ1) is 8.38. The lowest BCUT2D eigenvalue weighted by atomic mass is 10.1. The van der Waals surface area contributed by atoms with E-state index in [1.807, 2.05) is 0 Å². The monoisotopic (exact) mass is 260 g/mol. The van der Waals surface area contributed by atoms with E-state index in [4.69, 9.17) is 0 Å². The van der Waals surface area contributed by atoms with Crippen LogP contribution in [-0.2, 0) is 6.18 Å². The Morgan fingerprint density at radius 2 is 1.61 bits per heavy atom. The van der Waals surface area contributed by atoms with Crippen LogP contribution in [0.25, 0.3) is 11.3 Å². The summed E-state index contributed by atoms with van der Waals surface area (Å²) in [5.74, 6) is -2.23. The van der Waals surface area contributed by atoms with E-state index in [0.29, 0.717) is 6.07 Å². The van der Waals surface area contributed by atoms with Gasteiger partial charge in [0.2, 0.25) is 0 Å². The quantitative estimate of drug-likeness (QED) is 0.734. The van der Waals surface area contributed by atoms with Crippen LogP contribution in [0.2, 0.25) is 0 Å². The maximum absolute atomic E-state index is 13.0. The zero-order valence-electron chi connectivity index (χ0n) is 8.67. The molecule has 0 atom stereocenters. The number of alkyl halides is 3. The molecule has 0 N–H and O–H groups in total. The Hall–Kier alpha value is -2.05. The Morgan fingerprint density at radius 1 is 0.889 bits per heavy atom. The van der Waals surface area contributed by atoms with Crippen molar-refractivity contribution in [3.8, 4) is 11.3 Å². The average molecular weight is 260 g/mol. The number of aromatic nitrogens is 2. The first-order valence-electron chi connectivity index (χ1n) is 4.72. The summed E-state index contributed by atoms with van der Waals surface area (Å²) in [5, 5.41) is 0. The molecule has 0 spiro atoms. The smallest absolute Gasteiger partial charge is 0.236 e. The zero-order valence-corrected chi connectivity index (χ0v) is 8.67. The highest BCUT2D eigenvalue weighted by Crippen LogP contribution is 2.29. The molecule has 0 fully saturated rings. The van der Waals surface area contributed by atoms with Gasteiger partial charge in [0.05, 0.1) is 5.69 Å². The minimum atomic E-state index is -4.61. The Kier molecular flexibility index (Phi) is 2.98. The molecular weight excluding hydrogens is 255 g/mol. The molecule has 94 valence electrons. The van der Waals surface area contributed by atoms with Gasteiger partial charge in [-0.2, -0.15) is 13.2 Å². The minimum Gasteiger partial charge on any atom is -0.236 e. The topological polar surface area (TPSA) is 25.8 Å². The van der Waals surface area contributed by atoms with Gasteiger partial charge in [0.25, 0.3) is 0 Å². The highest BCUT2D eigenvalue weighted by molar-refractivity contribution is 5.59. The molecule has 0 saturated heterocycles. The molecule has 2 nitrogen and oxygen atoms in total. The summed E-state index contributed by atoms with van der Waals surface area (Å²) < 4.78 is 62.9. The summed E-state index contributed by atoms with van der Waals surface area (Å²) in [4.78, 5) is 6.67. The van der Waals surface area contributed by atoms with Gasteiger partial charge in [0.15, 0.2) is 11.6 Å². The van der Waals surface area contributed by atoms with Crippen molar-refractivity contribution in [2.45, 2.75) is 6.18 Å². The van der Waals surface area contributed by atoms with Crippen molar-refractivity contribution in [3.63, 3.8) is 0 Å². The Balaban J connectivity index is 2.48. The van der Waals surface area contributed by atoms with Gasteiger partial charge in [-0.3, -0.25) is 0 Å². The Bertz CT molecular complexity index is 580. The molecule has 0 bridgehead atoms. The molecule has 0 saturated carbocycles.